The van der Waals surface area contributed by atoms with Crippen molar-refractivity contribution in [3.8, 4) is 12.3 Å². The van der Waals surface area contributed by atoms with E-state index >= 15 is 0 Å². The van der Waals surface area contributed by atoms with E-state index in [0.717, 1.165) is 12.8 Å². The summed E-state index contributed by atoms with van der Waals surface area (Å²) >= 11 is 0. The molecule has 1 saturated carbocycles. The molecule has 0 unspecified atom stereocenters. The second-order valence-corrected chi connectivity index (χ2v) is 7.86. The first kappa shape index (κ1) is 16.3. The van der Waals surface area contributed by atoms with Gasteiger partial charge in [-0.25, -0.2) is 8.42 Å². The third kappa shape index (κ3) is 4.19. The van der Waals surface area contributed by atoms with E-state index in [1.54, 1.807) is 0 Å². The van der Waals surface area contributed by atoms with Crippen LogP contribution in [0.1, 0.15) is 19.3 Å². The topological polar surface area (TPSA) is 66.9 Å². The van der Waals surface area contributed by atoms with Crippen molar-refractivity contribution in [2.75, 3.05) is 45.6 Å². The lowest BCUT2D eigenvalue weighted by Crippen LogP contribution is -2.50. The molecule has 6 nitrogen and oxygen atoms in total. The van der Waals surface area contributed by atoms with Crippen LogP contribution in [-0.2, 0) is 19.6 Å². The zero-order valence-electron chi connectivity index (χ0n) is 12.4. The first-order valence-electron chi connectivity index (χ1n) is 7.11. The van der Waals surface area contributed by atoms with E-state index in [4.69, 9.17) is 6.42 Å². The number of carbonyl (C=O) groups excluding carboxylic acids is 1. The summed E-state index contributed by atoms with van der Waals surface area (Å²) < 4.78 is 31.2. The average molecular weight is 314 g/mol. The molecule has 0 aromatic carbocycles. The molecule has 0 spiro atoms. The molecule has 0 atom stereocenters. The summed E-state index contributed by atoms with van der Waals surface area (Å²) in [5.74, 6) is 2.29. The van der Waals surface area contributed by atoms with Crippen LogP contribution in [0.3, 0.4) is 0 Å². The summed E-state index contributed by atoms with van der Waals surface area (Å²) in [7, 11) is -1.99. The van der Waals surface area contributed by atoms with Crippen LogP contribution in [-0.4, -0.2) is 69.2 Å². The number of rotatable bonds is 6. The van der Waals surface area contributed by atoms with Gasteiger partial charge in [0.25, 0.3) is 0 Å². The van der Waals surface area contributed by atoms with Crippen molar-refractivity contribution in [1.82, 2.24) is 9.21 Å². The zero-order valence-corrected chi connectivity index (χ0v) is 13.2. The molecule has 0 aromatic heterocycles. The lowest BCUT2D eigenvalue weighted by molar-refractivity contribution is -0.141. The summed E-state index contributed by atoms with van der Waals surface area (Å²) in [6.07, 6.45) is 7.01. The van der Waals surface area contributed by atoms with Gasteiger partial charge in [0.15, 0.2) is 0 Å². The fourth-order valence-electron chi connectivity index (χ4n) is 2.70. The molecule has 21 heavy (non-hydrogen) atoms. The van der Waals surface area contributed by atoms with Gasteiger partial charge in [0.1, 0.15) is 0 Å². The minimum absolute atomic E-state index is 0.0459. The number of piperazine rings is 1. The maximum absolute atomic E-state index is 12.5. The summed E-state index contributed by atoms with van der Waals surface area (Å²) in [6, 6.07) is 0. The third-order valence-corrected chi connectivity index (χ3v) is 6.36. The predicted molar refractivity (Wildman–Crippen MR) is 78.9 cm³/mol. The molecule has 0 N–H and O–H groups in total. The Balaban J connectivity index is 1.91. The fourth-order valence-corrected chi connectivity index (χ4v) is 4.77. The second-order valence-electron chi connectivity index (χ2n) is 5.89. The maximum Gasteiger partial charge on any atom is 0.306 e. The van der Waals surface area contributed by atoms with Crippen molar-refractivity contribution in [3.05, 3.63) is 0 Å². The molecule has 1 aliphatic heterocycles. The Morgan fingerprint density at radius 2 is 1.90 bits per heavy atom. The number of hydrogen-bond acceptors (Lipinski definition) is 5. The van der Waals surface area contributed by atoms with E-state index < -0.39 is 15.4 Å². The van der Waals surface area contributed by atoms with Gasteiger partial charge in [-0.1, -0.05) is 5.92 Å². The molecule has 1 aliphatic carbocycles. The molecule has 1 heterocycles. The molecule has 1 saturated heterocycles. The van der Waals surface area contributed by atoms with Crippen LogP contribution >= 0.6 is 0 Å². The van der Waals surface area contributed by atoms with Crippen molar-refractivity contribution >= 4 is 16.0 Å². The number of nitrogens with zero attached hydrogens (tertiary/aromatic N) is 2. The van der Waals surface area contributed by atoms with Crippen LogP contribution in [0.5, 0.6) is 0 Å². The molecule has 118 valence electrons. The molecule has 7 heteroatoms. The molecule has 0 radical (unpaired) electrons. The Kier molecular flexibility index (Phi) is 4.91. The molecule has 2 rings (SSSR count). The van der Waals surface area contributed by atoms with Gasteiger partial charge >= 0.3 is 5.97 Å². The minimum atomic E-state index is -3.32. The van der Waals surface area contributed by atoms with Crippen LogP contribution in [0.4, 0.5) is 0 Å². The van der Waals surface area contributed by atoms with E-state index in [2.05, 4.69) is 15.6 Å². The second kappa shape index (κ2) is 6.34. The van der Waals surface area contributed by atoms with Gasteiger partial charge in [0.05, 0.1) is 25.8 Å². The highest BCUT2D eigenvalue weighted by molar-refractivity contribution is 7.89. The summed E-state index contributed by atoms with van der Waals surface area (Å²) in [4.78, 5) is 13.5. The van der Waals surface area contributed by atoms with Gasteiger partial charge in [-0.05, 0) is 18.3 Å². The van der Waals surface area contributed by atoms with Gasteiger partial charge in [-0.15, -0.1) is 6.42 Å². The lowest BCUT2D eigenvalue weighted by Gasteiger charge is -2.33. The van der Waals surface area contributed by atoms with Crippen LogP contribution in [0, 0.1) is 17.8 Å². The van der Waals surface area contributed by atoms with Gasteiger partial charge in [-0.3, -0.25) is 9.69 Å². The van der Waals surface area contributed by atoms with Crippen molar-refractivity contribution in [2.24, 2.45) is 5.41 Å². The molecule has 0 amide bonds. The largest absolute Gasteiger partial charge is 0.469 e. The Morgan fingerprint density at radius 3 is 2.38 bits per heavy atom. The number of esters is 1. The van der Waals surface area contributed by atoms with E-state index in [0.29, 0.717) is 32.7 Å². The van der Waals surface area contributed by atoms with Crippen molar-refractivity contribution in [2.45, 2.75) is 19.3 Å². The maximum atomic E-state index is 12.5. The highest BCUT2D eigenvalue weighted by Crippen LogP contribution is 2.50. The number of sulfonamides is 1. The van der Waals surface area contributed by atoms with Crippen LogP contribution in [0.2, 0.25) is 0 Å². The summed E-state index contributed by atoms with van der Waals surface area (Å²) in [5.41, 5.74) is -0.401. The standard InChI is InChI=1S/C14H22N2O4S/c1-3-6-15-7-9-16(10-8-15)21(18,19)12-14(4-5-14)11-13(17)20-2/h1H,4-12H2,2H3. The van der Waals surface area contributed by atoms with Crippen LogP contribution in [0.15, 0.2) is 0 Å². The Morgan fingerprint density at radius 1 is 1.29 bits per heavy atom. The number of methoxy groups -OCH3 is 1. The normalized spacial score (nSPS) is 22.5. The van der Waals surface area contributed by atoms with Gasteiger partial charge in [0, 0.05) is 26.2 Å². The fraction of sp³-hybridized carbons (Fsp3) is 0.786. The smallest absolute Gasteiger partial charge is 0.306 e. The van der Waals surface area contributed by atoms with E-state index in [1.165, 1.54) is 11.4 Å². The molecule has 0 aromatic rings. The van der Waals surface area contributed by atoms with Crippen LogP contribution in [0.25, 0.3) is 0 Å². The van der Waals surface area contributed by atoms with Crippen LogP contribution < -0.4 is 0 Å². The highest BCUT2D eigenvalue weighted by atomic mass is 32.2. The molecule has 0 bridgehead atoms. The van der Waals surface area contributed by atoms with Crippen molar-refractivity contribution < 1.29 is 17.9 Å². The van der Waals surface area contributed by atoms with E-state index in [1.807, 2.05) is 0 Å². The first-order chi connectivity index (χ1) is 9.91. The number of terminal acetylenes is 1. The van der Waals surface area contributed by atoms with Gasteiger partial charge in [-0.2, -0.15) is 4.31 Å². The SMILES string of the molecule is C#CCN1CCN(S(=O)(=O)CC2(CC(=O)OC)CC2)CC1. The average Bonchev–Trinajstić information content (AvgIpc) is 3.18. The molecular formula is C14H22N2O4S. The van der Waals surface area contributed by atoms with Gasteiger partial charge < -0.3 is 4.74 Å². The van der Waals surface area contributed by atoms with E-state index in [-0.39, 0.29) is 18.1 Å². The monoisotopic (exact) mass is 314 g/mol. The Labute approximate surface area is 126 Å². The Bertz CT molecular complexity index is 526. The van der Waals surface area contributed by atoms with E-state index in [9.17, 15) is 13.2 Å². The molecule has 2 fully saturated rings. The number of hydrogen-bond donors (Lipinski definition) is 0. The van der Waals surface area contributed by atoms with Crippen molar-refractivity contribution in [1.29, 1.82) is 0 Å². The van der Waals surface area contributed by atoms with Gasteiger partial charge in [0.2, 0.25) is 10.0 Å². The Hall–Kier alpha value is -1.10. The predicted octanol–water partition coefficient (Wildman–Crippen LogP) is -0.0897. The number of ether oxygens (including phenoxy) is 1. The quantitative estimate of drug-likeness (QED) is 0.506. The minimum Gasteiger partial charge on any atom is -0.469 e. The molecule has 2 aliphatic rings. The first-order valence-corrected chi connectivity index (χ1v) is 8.72. The summed E-state index contributed by atoms with van der Waals surface area (Å²) in [6.45, 7) is 2.82. The lowest BCUT2D eigenvalue weighted by atomic mass is 10.1. The van der Waals surface area contributed by atoms with Crippen molar-refractivity contribution in [3.63, 3.8) is 0 Å². The number of carbonyl (C=O) groups is 1. The summed E-state index contributed by atoms with van der Waals surface area (Å²) in [5, 5.41) is 0. The zero-order chi connectivity index (χ0) is 15.5. The third-order valence-electron chi connectivity index (χ3n) is 4.23. The molecular weight excluding hydrogens is 292 g/mol. The highest BCUT2D eigenvalue weighted by Gasteiger charge is 2.49.